The molecule has 16 heavy (non-hydrogen) atoms. The van der Waals surface area contributed by atoms with E-state index in [4.69, 9.17) is 33.0 Å². The van der Waals surface area contributed by atoms with Gasteiger partial charge in [-0.25, -0.2) is 4.79 Å². The molecule has 1 N–H and O–H groups in total. The fourth-order valence-electron chi connectivity index (χ4n) is 1.49. The number of aliphatic carboxylic acids is 1. The van der Waals surface area contributed by atoms with Crippen molar-refractivity contribution >= 4 is 35.0 Å². The van der Waals surface area contributed by atoms with Gasteiger partial charge in [0.1, 0.15) is 5.75 Å². The first-order valence-corrected chi connectivity index (χ1v) is 5.16. The Hall–Kier alpha value is -1.26. The predicted octanol–water partition coefficient (Wildman–Crippen LogP) is 2.41. The van der Waals surface area contributed by atoms with Crippen LogP contribution in [0.1, 0.15) is 16.8 Å². The average Bonchev–Trinajstić information content (AvgIpc) is 2.19. The van der Waals surface area contributed by atoms with Crippen LogP contribution in [0.4, 0.5) is 0 Å². The van der Waals surface area contributed by atoms with E-state index in [2.05, 4.69) is 0 Å². The summed E-state index contributed by atoms with van der Waals surface area (Å²) in [6.45, 7) is 0. The molecule has 4 nitrogen and oxygen atoms in total. The minimum absolute atomic E-state index is 0.0923. The van der Waals surface area contributed by atoms with Gasteiger partial charge < -0.3 is 9.84 Å². The molecule has 0 bridgehead atoms. The number of hydrogen-bond donors (Lipinski definition) is 1. The lowest BCUT2D eigenvalue weighted by Gasteiger charge is -2.23. The zero-order valence-electron chi connectivity index (χ0n) is 7.87. The number of ketones is 1. The van der Waals surface area contributed by atoms with Crippen molar-refractivity contribution in [3.8, 4) is 5.75 Å². The standard InChI is InChI=1S/C10H6Cl2O4/c11-4-1-5-7(13)3-8(10(14)15)16-9(5)6(12)2-4/h1-2,8H,3H2,(H,14,15). The molecule has 1 aromatic rings. The zero-order valence-corrected chi connectivity index (χ0v) is 9.38. The Morgan fingerprint density at radius 3 is 2.75 bits per heavy atom. The predicted molar refractivity (Wildman–Crippen MR) is 57.5 cm³/mol. The van der Waals surface area contributed by atoms with Crippen LogP contribution in [-0.2, 0) is 4.79 Å². The second-order valence-corrected chi connectivity index (χ2v) is 4.18. The minimum atomic E-state index is -1.19. The maximum Gasteiger partial charge on any atom is 0.345 e. The highest BCUT2D eigenvalue weighted by atomic mass is 35.5. The molecule has 1 aromatic carbocycles. The summed E-state index contributed by atoms with van der Waals surface area (Å²) < 4.78 is 5.14. The third-order valence-corrected chi connectivity index (χ3v) is 2.71. The number of ether oxygens (including phenoxy) is 1. The Morgan fingerprint density at radius 2 is 2.12 bits per heavy atom. The number of carbonyl (C=O) groups excluding carboxylic acids is 1. The Balaban J connectivity index is 2.50. The molecule has 1 aliphatic rings. The van der Waals surface area contributed by atoms with E-state index in [1.54, 1.807) is 0 Å². The molecular weight excluding hydrogens is 255 g/mol. The van der Waals surface area contributed by atoms with Gasteiger partial charge >= 0.3 is 5.97 Å². The van der Waals surface area contributed by atoms with Crippen LogP contribution in [0.2, 0.25) is 10.0 Å². The highest BCUT2D eigenvalue weighted by molar-refractivity contribution is 6.36. The summed E-state index contributed by atoms with van der Waals surface area (Å²) in [7, 11) is 0. The quantitative estimate of drug-likeness (QED) is 0.843. The summed E-state index contributed by atoms with van der Waals surface area (Å²) in [5.74, 6) is -1.43. The molecule has 0 aromatic heterocycles. The van der Waals surface area contributed by atoms with Crippen LogP contribution in [-0.4, -0.2) is 23.0 Å². The molecule has 0 fully saturated rings. The summed E-state index contributed by atoms with van der Waals surface area (Å²) >= 11 is 11.6. The van der Waals surface area contributed by atoms with Gasteiger partial charge in [-0.05, 0) is 12.1 Å². The molecular formula is C10H6Cl2O4. The Morgan fingerprint density at radius 1 is 1.44 bits per heavy atom. The number of carboxylic acids is 1. The van der Waals surface area contributed by atoms with Gasteiger partial charge in [-0.1, -0.05) is 23.2 Å². The van der Waals surface area contributed by atoms with E-state index >= 15 is 0 Å². The van der Waals surface area contributed by atoms with E-state index in [0.717, 1.165) is 0 Å². The van der Waals surface area contributed by atoms with Gasteiger partial charge in [-0.2, -0.15) is 0 Å². The lowest BCUT2D eigenvalue weighted by molar-refractivity contribution is -0.145. The Bertz CT molecular complexity index is 484. The van der Waals surface area contributed by atoms with E-state index < -0.39 is 12.1 Å². The number of carbonyl (C=O) groups is 2. The topological polar surface area (TPSA) is 63.6 Å². The summed E-state index contributed by atoms with van der Waals surface area (Å²) in [4.78, 5) is 22.4. The maximum atomic E-state index is 11.6. The third kappa shape index (κ3) is 1.86. The summed E-state index contributed by atoms with van der Waals surface area (Å²) in [5, 5.41) is 9.24. The zero-order chi connectivity index (χ0) is 11.9. The van der Waals surface area contributed by atoms with Crippen LogP contribution in [0, 0.1) is 0 Å². The number of halogens is 2. The molecule has 0 saturated carbocycles. The number of hydrogen-bond acceptors (Lipinski definition) is 3. The van der Waals surface area contributed by atoms with E-state index in [9.17, 15) is 9.59 Å². The first-order valence-electron chi connectivity index (χ1n) is 4.40. The summed E-state index contributed by atoms with van der Waals surface area (Å²) in [5.41, 5.74) is 0.231. The number of carboxylic acid groups (broad SMARTS) is 1. The largest absolute Gasteiger partial charge is 0.478 e. The average molecular weight is 261 g/mol. The number of benzene rings is 1. The number of Topliss-reactive ketones (excluding diaryl/α,β-unsaturated/α-hetero) is 1. The fraction of sp³-hybridized carbons (Fsp3) is 0.200. The van der Waals surface area contributed by atoms with Gasteiger partial charge in [-0.15, -0.1) is 0 Å². The minimum Gasteiger partial charge on any atom is -0.478 e. The van der Waals surface area contributed by atoms with Gasteiger partial charge in [0, 0.05) is 5.02 Å². The SMILES string of the molecule is O=C1CC(C(=O)O)Oc2c(Cl)cc(Cl)cc21. The van der Waals surface area contributed by atoms with E-state index in [1.807, 2.05) is 0 Å². The lowest BCUT2D eigenvalue weighted by atomic mass is 10.0. The number of fused-ring (bicyclic) bond motifs is 1. The second-order valence-electron chi connectivity index (χ2n) is 3.34. The molecule has 2 rings (SSSR count). The molecule has 1 aliphatic heterocycles. The summed E-state index contributed by atoms with van der Waals surface area (Å²) in [6, 6.07) is 2.82. The second kappa shape index (κ2) is 3.96. The maximum absolute atomic E-state index is 11.6. The van der Waals surface area contributed by atoms with Crippen LogP contribution >= 0.6 is 23.2 Å². The van der Waals surface area contributed by atoms with Crippen molar-refractivity contribution in [2.24, 2.45) is 0 Å². The van der Waals surface area contributed by atoms with Crippen molar-refractivity contribution in [2.45, 2.75) is 12.5 Å². The number of rotatable bonds is 1. The highest BCUT2D eigenvalue weighted by Gasteiger charge is 2.32. The smallest absolute Gasteiger partial charge is 0.345 e. The summed E-state index contributed by atoms with van der Waals surface area (Å²) in [6.07, 6.45) is -1.39. The molecule has 0 aliphatic carbocycles. The van der Waals surface area contributed by atoms with Gasteiger partial charge in [-0.3, -0.25) is 4.79 Å². The van der Waals surface area contributed by atoms with E-state index in [1.165, 1.54) is 12.1 Å². The van der Waals surface area contributed by atoms with Gasteiger partial charge in [0.2, 0.25) is 6.10 Å². The normalized spacial score (nSPS) is 18.9. The van der Waals surface area contributed by atoms with Crippen molar-refractivity contribution in [2.75, 3.05) is 0 Å². The monoisotopic (exact) mass is 260 g/mol. The fourth-order valence-corrected chi connectivity index (χ4v) is 2.03. The molecule has 1 atom stereocenters. The van der Waals surface area contributed by atoms with E-state index in [-0.39, 0.29) is 28.5 Å². The molecule has 0 radical (unpaired) electrons. The highest BCUT2D eigenvalue weighted by Crippen LogP contribution is 2.37. The first kappa shape index (κ1) is 11.2. The van der Waals surface area contributed by atoms with Crippen LogP contribution in [0.15, 0.2) is 12.1 Å². The van der Waals surface area contributed by atoms with E-state index in [0.29, 0.717) is 5.02 Å². The van der Waals surface area contributed by atoms with Crippen LogP contribution < -0.4 is 4.74 Å². The van der Waals surface area contributed by atoms with Crippen LogP contribution in [0.25, 0.3) is 0 Å². The lowest BCUT2D eigenvalue weighted by Crippen LogP contribution is -2.34. The Kier molecular flexibility index (Phi) is 2.78. The van der Waals surface area contributed by atoms with Crippen molar-refractivity contribution in [1.82, 2.24) is 0 Å². The molecule has 0 saturated heterocycles. The van der Waals surface area contributed by atoms with Crippen LogP contribution in [0.5, 0.6) is 5.75 Å². The van der Waals surface area contributed by atoms with Crippen molar-refractivity contribution in [3.63, 3.8) is 0 Å². The molecule has 0 amide bonds. The molecule has 0 spiro atoms. The van der Waals surface area contributed by atoms with Crippen molar-refractivity contribution in [1.29, 1.82) is 0 Å². The van der Waals surface area contributed by atoms with Gasteiger partial charge in [0.25, 0.3) is 0 Å². The van der Waals surface area contributed by atoms with Crippen molar-refractivity contribution < 1.29 is 19.4 Å². The molecule has 6 heteroatoms. The first-order chi connectivity index (χ1) is 7.49. The third-order valence-electron chi connectivity index (χ3n) is 2.22. The molecule has 1 unspecified atom stereocenters. The van der Waals surface area contributed by atoms with Crippen LogP contribution in [0.3, 0.4) is 0 Å². The van der Waals surface area contributed by atoms with Crippen molar-refractivity contribution in [3.05, 3.63) is 27.7 Å². The molecule has 1 heterocycles. The van der Waals surface area contributed by atoms with Gasteiger partial charge in [0.05, 0.1) is 17.0 Å². The Labute approximate surface area is 101 Å². The van der Waals surface area contributed by atoms with Gasteiger partial charge in [0.15, 0.2) is 5.78 Å². The molecule has 84 valence electrons.